The summed E-state index contributed by atoms with van der Waals surface area (Å²) < 4.78 is 26.2. The molecule has 0 aliphatic rings. The maximum Gasteiger partial charge on any atom is 0.282 e. The summed E-state index contributed by atoms with van der Waals surface area (Å²) in [4.78, 5) is 3.74. The van der Waals surface area contributed by atoms with Gasteiger partial charge in [-0.25, -0.2) is 18.3 Å². The Morgan fingerprint density at radius 3 is 2.79 bits per heavy atom. The average molecular weight is 218 g/mol. The van der Waals surface area contributed by atoms with Crippen molar-refractivity contribution in [2.75, 3.05) is 0 Å². The van der Waals surface area contributed by atoms with Gasteiger partial charge in [0.2, 0.25) is 0 Å². The smallest absolute Gasteiger partial charge is 0.226 e. The van der Waals surface area contributed by atoms with Gasteiger partial charge in [0, 0.05) is 0 Å². The van der Waals surface area contributed by atoms with Crippen molar-refractivity contribution in [1.29, 1.82) is 0 Å². The van der Waals surface area contributed by atoms with Gasteiger partial charge in [0.25, 0.3) is 6.43 Å². The van der Waals surface area contributed by atoms with Crippen LogP contribution < -0.4 is 0 Å². The molecule has 0 aliphatic carbocycles. The lowest BCUT2D eigenvalue weighted by molar-refractivity contribution is 0.146. The van der Waals surface area contributed by atoms with E-state index >= 15 is 0 Å². The summed E-state index contributed by atoms with van der Waals surface area (Å²) >= 11 is 5.63. The van der Waals surface area contributed by atoms with E-state index in [9.17, 15) is 8.78 Å². The van der Waals surface area contributed by atoms with E-state index in [-0.39, 0.29) is 10.8 Å². The van der Waals surface area contributed by atoms with E-state index < -0.39 is 6.43 Å². The minimum absolute atomic E-state index is 0.249. The van der Waals surface area contributed by atoms with Crippen LogP contribution in [0.5, 0.6) is 0 Å². The van der Waals surface area contributed by atoms with Gasteiger partial charge in [0.05, 0.1) is 5.69 Å². The summed E-state index contributed by atoms with van der Waals surface area (Å²) in [5.41, 5.74) is 0.444. The van der Waals surface area contributed by atoms with Gasteiger partial charge < -0.3 is 0 Å². The van der Waals surface area contributed by atoms with Crippen LogP contribution in [0.3, 0.4) is 0 Å². The van der Waals surface area contributed by atoms with Crippen LogP contribution in [0.15, 0.2) is 12.1 Å². The minimum atomic E-state index is -2.59. The molecule has 14 heavy (non-hydrogen) atoms. The highest BCUT2D eigenvalue weighted by atomic mass is 35.5. The van der Waals surface area contributed by atoms with Gasteiger partial charge in [-0.3, -0.25) is 0 Å². The third-order valence-electron chi connectivity index (χ3n) is 1.91. The van der Waals surface area contributed by atoms with Crippen LogP contribution >= 0.6 is 11.6 Å². The number of imidazole rings is 1. The first-order chi connectivity index (χ1) is 6.59. The predicted octanol–water partition coefficient (Wildman–Crippen LogP) is 2.63. The van der Waals surface area contributed by atoms with E-state index in [1.54, 1.807) is 6.07 Å². The van der Waals surface area contributed by atoms with Crippen molar-refractivity contribution in [3.63, 3.8) is 0 Å². The molecule has 2 heterocycles. The maximum atomic E-state index is 12.4. The lowest BCUT2D eigenvalue weighted by Crippen LogP contribution is -1.94. The third-order valence-corrected chi connectivity index (χ3v) is 2.11. The fourth-order valence-corrected chi connectivity index (χ4v) is 1.38. The lowest BCUT2D eigenvalue weighted by Gasteiger charge is -1.96. The van der Waals surface area contributed by atoms with E-state index in [0.29, 0.717) is 11.3 Å². The Labute approximate surface area is 83.3 Å². The van der Waals surface area contributed by atoms with Gasteiger partial charge >= 0.3 is 0 Å². The zero-order valence-corrected chi connectivity index (χ0v) is 7.96. The lowest BCUT2D eigenvalue weighted by atomic mass is 10.4. The fraction of sp³-hybridized carbons (Fsp3) is 0.250. The molecule has 3 nitrogen and oxygen atoms in total. The number of nitrogens with zero attached hydrogens (tertiary/aromatic N) is 3. The molecule has 0 spiro atoms. The Hall–Kier alpha value is -1.23. The zero-order valence-electron chi connectivity index (χ0n) is 7.21. The quantitative estimate of drug-likeness (QED) is 0.735. The molecule has 2 rings (SSSR count). The van der Waals surface area contributed by atoms with Crippen molar-refractivity contribution < 1.29 is 8.78 Å². The van der Waals surface area contributed by atoms with E-state index in [2.05, 4.69) is 10.1 Å². The van der Waals surface area contributed by atoms with Gasteiger partial charge in [0.15, 0.2) is 5.65 Å². The summed E-state index contributed by atoms with van der Waals surface area (Å²) in [6.45, 7) is 1.53. The molecule has 2 aromatic heterocycles. The second-order valence-corrected chi connectivity index (χ2v) is 3.20. The highest BCUT2D eigenvalue weighted by Gasteiger charge is 2.17. The molecule has 0 unspecified atom stereocenters. The van der Waals surface area contributed by atoms with Gasteiger partial charge in [-0.15, -0.1) is 0 Å². The summed E-state index contributed by atoms with van der Waals surface area (Å²) in [5.74, 6) is 0. The number of hydrogen-bond acceptors (Lipinski definition) is 2. The molecule has 0 amide bonds. The molecular formula is C8H6ClF2N3. The van der Waals surface area contributed by atoms with Crippen molar-refractivity contribution in [1.82, 2.24) is 14.6 Å². The van der Waals surface area contributed by atoms with Crippen LogP contribution in [0.2, 0.25) is 5.15 Å². The Morgan fingerprint density at radius 1 is 1.43 bits per heavy atom. The van der Waals surface area contributed by atoms with Crippen molar-refractivity contribution in [3.05, 3.63) is 28.7 Å². The maximum absolute atomic E-state index is 12.4. The molecule has 0 radical (unpaired) electrons. The molecular weight excluding hydrogens is 212 g/mol. The molecule has 0 aliphatic heterocycles. The first-order valence-corrected chi connectivity index (χ1v) is 4.27. The van der Waals surface area contributed by atoms with E-state index in [4.69, 9.17) is 11.6 Å². The Kier molecular flexibility index (Phi) is 2.11. The molecule has 0 aromatic carbocycles. The van der Waals surface area contributed by atoms with Crippen LogP contribution in [0.4, 0.5) is 8.78 Å². The molecule has 0 N–H and O–H groups in total. The SMILES string of the molecule is Cc1c(C(F)F)nc2ccc(Cl)nn12. The molecule has 0 atom stereocenters. The van der Waals surface area contributed by atoms with Crippen LogP contribution in [-0.4, -0.2) is 14.6 Å². The number of fused-ring (bicyclic) bond motifs is 1. The number of alkyl halides is 2. The largest absolute Gasteiger partial charge is 0.282 e. The van der Waals surface area contributed by atoms with Crippen LogP contribution in [0, 0.1) is 6.92 Å². The predicted molar refractivity (Wildman–Crippen MR) is 47.7 cm³/mol. The van der Waals surface area contributed by atoms with E-state index in [1.807, 2.05) is 0 Å². The van der Waals surface area contributed by atoms with Gasteiger partial charge in [-0.05, 0) is 19.1 Å². The molecule has 0 fully saturated rings. The van der Waals surface area contributed by atoms with E-state index in [0.717, 1.165) is 0 Å². The number of aromatic nitrogens is 3. The van der Waals surface area contributed by atoms with Gasteiger partial charge in [-0.1, -0.05) is 11.6 Å². The van der Waals surface area contributed by atoms with Crippen molar-refractivity contribution in [2.45, 2.75) is 13.3 Å². The monoisotopic (exact) mass is 217 g/mol. The van der Waals surface area contributed by atoms with Crippen LogP contribution in [0.25, 0.3) is 5.65 Å². The molecule has 0 bridgehead atoms. The molecule has 0 saturated carbocycles. The zero-order chi connectivity index (χ0) is 10.3. The first kappa shape index (κ1) is 9.33. The normalized spacial score (nSPS) is 11.5. The Morgan fingerprint density at radius 2 is 2.14 bits per heavy atom. The number of aryl methyl sites for hydroxylation is 1. The molecule has 2 aromatic rings. The topological polar surface area (TPSA) is 30.2 Å². The molecule has 6 heteroatoms. The number of rotatable bonds is 1. The Balaban J connectivity index is 2.74. The second kappa shape index (κ2) is 3.16. The summed E-state index contributed by atoms with van der Waals surface area (Å²) in [7, 11) is 0. The number of hydrogen-bond donors (Lipinski definition) is 0. The molecule has 0 saturated heterocycles. The standard InChI is InChI=1S/C8H6ClF2N3/c1-4-7(8(10)11)12-6-3-2-5(9)13-14(4)6/h2-3,8H,1H3. The number of halogens is 3. The highest BCUT2D eigenvalue weighted by molar-refractivity contribution is 6.29. The Bertz CT molecular complexity index is 481. The third kappa shape index (κ3) is 1.33. The van der Waals surface area contributed by atoms with Crippen LogP contribution in [-0.2, 0) is 0 Å². The van der Waals surface area contributed by atoms with Crippen molar-refractivity contribution in [2.24, 2.45) is 0 Å². The summed E-state index contributed by atoms with van der Waals surface area (Å²) in [5, 5.41) is 4.11. The van der Waals surface area contributed by atoms with E-state index in [1.165, 1.54) is 17.5 Å². The fourth-order valence-electron chi connectivity index (χ4n) is 1.24. The minimum Gasteiger partial charge on any atom is -0.226 e. The summed E-state index contributed by atoms with van der Waals surface area (Å²) in [6.07, 6.45) is -2.59. The van der Waals surface area contributed by atoms with Gasteiger partial charge in [0.1, 0.15) is 10.8 Å². The second-order valence-electron chi connectivity index (χ2n) is 2.81. The van der Waals surface area contributed by atoms with Crippen LogP contribution in [0.1, 0.15) is 17.8 Å². The summed E-state index contributed by atoms with van der Waals surface area (Å²) in [6, 6.07) is 3.06. The first-order valence-electron chi connectivity index (χ1n) is 3.89. The highest BCUT2D eigenvalue weighted by Crippen LogP contribution is 2.22. The molecule has 74 valence electrons. The van der Waals surface area contributed by atoms with Gasteiger partial charge in [-0.2, -0.15) is 5.10 Å². The average Bonchev–Trinajstić information content (AvgIpc) is 2.44. The van der Waals surface area contributed by atoms with Crippen molar-refractivity contribution >= 4 is 17.2 Å². The van der Waals surface area contributed by atoms with Crippen molar-refractivity contribution in [3.8, 4) is 0 Å².